The standard InChI is InChI=1S/C20H27NO4/c1-20(2,3)25-19(23)21-16(12-13-8-5-4-6-9-13)17-14-10-7-11-15(14)18(22)24-17/h4-6,8-9,14-17H,7,10-12H2,1-3H3,(H,21,23)/t14-,15+,16+,17+/m1/s1. The molecule has 1 saturated carbocycles. The van der Waals surface area contributed by atoms with Gasteiger partial charge in [-0.2, -0.15) is 0 Å². The van der Waals surface area contributed by atoms with Crippen molar-refractivity contribution in [1.82, 2.24) is 5.32 Å². The Kier molecular flexibility index (Phi) is 5.02. The molecule has 1 saturated heterocycles. The van der Waals surface area contributed by atoms with Crippen LogP contribution < -0.4 is 5.32 Å². The number of carbonyl (C=O) groups is 2. The van der Waals surface area contributed by atoms with E-state index in [0.29, 0.717) is 6.42 Å². The van der Waals surface area contributed by atoms with E-state index in [1.807, 2.05) is 51.1 Å². The summed E-state index contributed by atoms with van der Waals surface area (Å²) >= 11 is 0. The molecule has 1 aliphatic heterocycles. The third-order valence-corrected chi connectivity index (χ3v) is 4.94. The number of fused-ring (bicyclic) bond motifs is 1. The molecule has 3 rings (SSSR count). The van der Waals surface area contributed by atoms with Crippen LogP contribution >= 0.6 is 0 Å². The fraction of sp³-hybridized carbons (Fsp3) is 0.600. The normalized spacial score (nSPS) is 26.7. The SMILES string of the molecule is CC(C)(C)OC(=O)N[C@@H](Cc1ccccc1)[C@H]1OC(=O)[C@H]2CCC[C@@H]12. The summed E-state index contributed by atoms with van der Waals surface area (Å²) in [5.41, 5.74) is 0.532. The zero-order chi connectivity index (χ0) is 18.0. The molecule has 1 aliphatic carbocycles. The van der Waals surface area contributed by atoms with Crippen LogP contribution in [0.25, 0.3) is 0 Å². The number of amides is 1. The average molecular weight is 345 g/mol. The van der Waals surface area contributed by atoms with Gasteiger partial charge in [0.2, 0.25) is 0 Å². The molecule has 1 amide bonds. The summed E-state index contributed by atoms with van der Waals surface area (Å²) in [5, 5.41) is 2.96. The van der Waals surface area contributed by atoms with E-state index in [0.717, 1.165) is 24.8 Å². The van der Waals surface area contributed by atoms with Crippen LogP contribution in [0, 0.1) is 11.8 Å². The lowest BCUT2D eigenvalue weighted by Crippen LogP contribution is -2.48. The predicted octanol–water partition coefficient (Wildman–Crippen LogP) is 3.46. The maximum absolute atomic E-state index is 12.3. The fourth-order valence-electron chi connectivity index (χ4n) is 3.94. The Labute approximate surface area is 149 Å². The number of hydrogen-bond acceptors (Lipinski definition) is 4. The van der Waals surface area contributed by atoms with Crippen LogP contribution in [0.5, 0.6) is 0 Å². The minimum Gasteiger partial charge on any atom is -0.460 e. The molecule has 0 aromatic heterocycles. The number of cyclic esters (lactones) is 1. The van der Waals surface area contributed by atoms with Gasteiger partial charge in [-0.3, -0.25) is 4.79 Å². The van der Waals surface area contributed by atoms with Crippen LogP contribution in [-0.2, 0) is 20.7 Å². The van der Waals surface area contributed by atoms with Crippen LogP contribution in [0.15, 0.2) is 30.3 Å². The molecule has 25 heavy (non-hydrogen) atoms. The minimum absolute atomic E-state index is 0.0105. The number of ether oxygens (including phenoxy) is 2. The Morgan fingerprint density at radius 3 is 2.68 bits per heavy atom. The van der Waals surface area contributed by atoms with Gasteiger partial charge < -0.3 is 14.8 Å². The summed E-state index contributed by atoms with van der Waals surface area (Å²) < 4.78 is 11.1. The molecule has 0 unspecified atom stereocenters. The summed E-state index contributed by atoms with van der Waals surface area (Å²) in [6.07, 6.45) is 2.78. The zero-order valence-corrected chi connectivity index (χ0v) is 15.2. The number of carbonyl (C=O) groups excluding carboxylic acids is 2. The van der Waals surface area contributed by atoms with Crippen LogP contribution in [0.4, 0.5) is 4.79 Å². The summed E-state index contributed by atoms with van der Waals surface area (Å²) in [5.74, 6) is 0.0661. The largest absolute Gasteiger partial charge is 0.460 e. The first-order chi connectivity index (χ1) is 11.8. The predicted molar refractivity (Wildman–Crippen MR) is 94.0 cm³/mol. The van der Waals surface area contributed by atoms with Crippen LogP contribution in [0.3, 0.4) is 0 Å². The average Bonchev–Trinajstić information content (AvgIpc) is 3.10. The highest BCUT2D eigenvalue weighted by molar-refractivity contribution is 5.76. The van der Waals surface area contributed by atoms with E-state index >= 15 is 0 Å². The van der Waals surface area contributed by atoms with Crippen molar-refractivity contribution in [1.29, 1.82) is 0 Å². The van der Waals surface area contributed by atoms with Gasteiger partial charge in [0.15, 0.2) is 0 Å². The Hall–Kier alpha value is -2.04. The van der Waals surface area contributed by atoms with E-state index < -0.39 is 11.7 Å². The Morgan fingerprint density at radius 2 is 2.00 bits per heavy atom. The van der Waals surface area contributed by atoms with Gasteiger partial charge in [-0.15, -0.1) is 0 Å². The molecule has 5 nitrogen and oxygen atoms in total. The molecule has 136 valence electrons. The molecule has 5 heteroatoms. The maximum atomic E-state index is 12.3. The molecule has 0 radical (unpaired) electrons. The van der Waals surface area contributed by atoms with Gasteiger partial charge in [0, 0.05) is 5.92 Å². The first kappa shape index (κ1) is 17.8. The van der Waals surface area contributed by atoms with E-state index in [2.05, 4.69) is 5.32 Å². The summed E-state index contributed by atoms with van der Waals surface area (Å²) in [4.78, 5) is 24.5. The molecular weight excluding hydrogens is 318 g/mol. The first-order valence-corrected chi connectivity index (χ1v) is 9.07. The number of alkyl carbamates (subject to hydrolysis) is 1. The highest BCUT2D eigenvalue weighted by Gasteiger charge is 2.50. The second-order valence-electron chi connectivity index (χ2n) is 8.05. The van der Waals surface area contributed by atoms with Gasteiger partial charge in [-0.1, -0.05) is 36.8 Å². The molecule has 1 heterocycles. The van der Waals surface area contributed by atoms with E-state index in [4.69, 9.17) is 9.47 Å². The lowest BCUT2D eigenvalue weighted by Gasteiger charge is -2.29. The molecule has 4 atom stereocenters. The third kappa shape index (κ3) is 4.33. The second kappa shape index (κ2) is 7.06. The number of rotatable bonds is 4. The number of esters is 1. The van der Waals surface area contributed by atoms with Gasteiger partial charge >= 0.3 is 12.1 Å². The van der Waals surface area contributed by atoms with Gasteiger partial charge in [-0.05, 0) is 45.6 Å². The highest BCUT2D eigenvalue weighted by atomic mass is 16.6. The Bertz CT molecular complexity index is 622. The Morgan fingerprint density at radius 1 is 1.28 bits per heavy atom. The van der Waals surface area contributed by atoms with Crippen molar-refractivity contribution in [3.8, 4) is 0 Å². The number of hydrogen-bond donors (Lipinski definition) is 1. The van der Waals surface area contributed by atoms with E-state index in [9.17, 15) is 9.59 Å². The molecule has 1 aromatic rings. The molecule has 1 N–H and O–H groups in total. The van der Waals surface area contributed by atoms with Crippen molar-refractivity contribution in [2.75, 3.05) is 0 Å². The second-order valence-corrected chi connectivity index (χ2v) is 8.05. The summed E-state index contributed by atoms with van der Waals surface area (Å²) in [6, 6.07) is 9.66. The Balaban J connectivity index is 1.77. The third-order valence-electron chi connectivity index (χ3n) is 4.94. The van der Waals surface area contributed by atoms with Crippen molar-refractivity contribution in [3.63, 3.8) is 0 Å². The van der Waals surface area contributed by atoms with E-state index in [-0.39, 0.29) is 30.0 Å². The van der Waals surface area contributed by atoms with Crippen molar-refractivity contribution >= 4 is 12.1 Å². The topological polar surface area (TPSA) is 64.6 Å². The van der Waals surface area contributed by atoms with Gasteiger partial charge in [0.1, 0.15) is 11.7 Å². The lowest BCUT2D eigenvalue weighted by molar-refractivity contribution is -0.145. The fourth-order valence-corrected chi connectivity index (χ4v) is 3.94. The first-order valence-electron chi connectivity index (χ1n) is 9.07. The quantitative estimate of drug-likeness (QED) is 0.849. The van der Waals surface area contributed by atoms with Crippen molar-refractivity contribution in [2.24, 2.45) is 11.8 Å². The van der Waals surface area contributed by atoms with Crippen molar-refractivity contribution < 1.29 is 19.1 Å². The highest BCUT2D eigenvalue weighted by Crippen LogP contribution is 2.43. The summed E-state index contributed by atoms with van der Waals surface area (Å²) in [6.45, 7) is 5.50. The molecule has 2 fully saturated rings. The van der Waals surface area contributed by atoms with Gasteiger partial charge in [-0.25, -0.2) is 4.79 Å². The monoisotopic (exact) mass is 345 g/mol. The minimum atomic E-state index is -0.566. The van der Waals surface area contributed by atoms with Crippen LogP contribution in [-0.4, -0.2) is 29.8 Å². The molecule has 0 spiro atoms. The molecular formula is C20H27NO4. The summed E-state index contributed by atoms with van der Waals surface area (Å²) in [7, 11) is 0. The van der Waals surface area contributed by atoms with Crippen LogP contribution in [0.1, 0.15) is 45.6 Å². The maximum Gasteiger partial charge on any atom is 0.408 e. The van der Waals surface area contributed by atoms with Crippen molar-refractivity contribution in [3.05, 3.63) is 35.9 Å². The molecule has 0 bridgehead atoms. The molecule has 2 aliphatic rings. The zero-order valence-electron chi connectivity index (χ0n) is 15.2. The number of nitrogens with one attached hydrogen (secondary N) is 1. The van der Waals surface area contributed by atoms with Gasteiger partial charge in [0.05, 0.1) is 12.0 Å². The van der Waals surface area contributed by atoms with E-state index in [1.165, 1.54) is 0 Å². The lowest BCUT2D eigenvalue weighted by atomic mass is 9.87. The van der Waals surface area contributed by atoms with Gasteiger partial charge in [0.25, 0.3) is 0 Å². The van der Waals surface area contributed by atoms with E-state index in [1.54, 1.807) is 0 Å². The van der Waals surface area contributed by atoms with Crippen molar-refractivity contribution in [2.45, 2.75) is 64.2 Å². The van der Waals surface area contributed by atoms with Crippen LogP contribution in [0.2, 0.25) is 0 Å². The number of benzene rings is 1. The molecule has 1 aromatic carbocycles. The smallest absolute Gasteiger partial charge is 0.408 e.